The molecule has 1 aromatic carbocycles. The fourth-order valence-electron chi connectivity index (χ4n) is 2.33. The summed E-state index contributed by atoms with van der Waals surface area (Å²) in [5.41, 5.74) is 0. The van der Waals surface area contributed by atoms with E-state index in [4.69, 9.17) is 21.4 Å². The van der Waals surface area contributed by atoms with Crippen LogP contribution in [-0.4, -0.2) is 54.7 Å². The van der Waals surface area contributed by atoms with Gasteiger partial charge in [0.05, 0.1) is 19.0 Å². The van der Waals surface area contributed by atoms with Crippen LogP contribution in [0.4, 0.5) is 0 Å². The molecule has 1 atom stereocenters. The predicted molar refractivity (Wildman–Crippen MR) is 82.1 cm³/mol. The zero-order chi connectivity index (χ0) is 15.9. The standard InChI is InChI=1S/C15H19ClN2O4/c16-12-1-3-13(4-2-12)22-8-6-17-14(19)10-18-7-5-11(9-18)15(20)21/h1-4,11H,5-10H2,(H,17,19)(H,20,21). The third kappa shape index (κ3) is 5.20. The Bertz CT molecular complexity index is 521. The number of carbonyl (C=O) groups is 2. The first-order valence-electron chi connectivity index (χ1n) is 7.15. The summed E-state index contributed by atoms with van der Waals surface area (Å²) in [5, 5.41) is 12.3. The number of benzene rings is 1. The van der Waals surface area contributed by atoms with Gasteiger partial charge in [-0.25, -0.2) is 0 Å². The summed E-state index contributed by atoms with van der Waals surface area (Å²) in [7, 11) is 0. The Balaban J connectivity index is 1.60. The molecular formula is C15H19ClN2O4. The van der Waals surface area contributed by atoms with E-state index in [1.165, 1.54) is 0 Å². The molecule has 2 rings (SSSR count). The van der Waals surface area contributed by atoms with Crippen LogP contribution in [0, 0.1) is 5.92 Å². The SMILES string of the molecule is O=C(CN1CCC(C(=O)O)C1)NCCOc1ccc(Cl)cc1. The number of carbonyl (C=O) groups excluding carboxylic acids is 1. The molecule has 0 aliphatic carbocycles. The first-order valence-corrected chi connectivity index (χ1v) is 7.52. The summed E-state index contributed by atoms with van der Waals surface area (Å²) in [6.45, 7) is 2.07. The molecule has 1 amide bonds. The van der Waals surface area contributed by atoms with Gasteiger partial charge in [-0.2, -0.15) is 0 Å². The minimum atomic E-state index is -0.792. The second-order valence-electron chi connectivity index (χ2n) is 5.21. The Morgan fingerprint density at radius 2 is 2.09 bits per heavy atom. The van der Waals surface area contributed by atoms with E-state index in [1.54, 1.807) is 24.3 Å². The van der Waals surface area contributed by atoms with Gasteiger partial charge in [0, 0.05) is 11.6 Å². The number of hydrogen-bond acceptors (Lipinski definition) is 4. The molecule has 0 aromatic heterocycles. The maximum absolute atomic E-state index is 11.8. The van der Waals surface area contributed by atoms with Gasteiger partial charge in [0.25, 0.3) is 0 Å². The highest BCUT2D eigenvalue weighted by atomic mass is 35.5. The summed E-state index contributed by atoms with van der Waals surface area (Å²) in [5.74, 6) is -0.575. The second kappa shape index (κ2) is 8.00. The monoisotopic (exact) mass is 326 g/mol. The molecule has 0 spiro atoms. The fraction of sp³-hybridized carbons (Fsp3) is 0.467. The van der Waals surface area contributed by atoms with E-state index in [2.05, 4.69) is 5.32 Å². The minimum absolute atomic E-state index is 0.120. The predicted octanol–water partition coefficient (Wildman–Crippen LogP) is 1.24. The van der Waals surface area contributed by atoms with Crippen molar-refractivity contribution in [2.24, 2.45) is 5.92 Å². The van der Waals surface area contributed by atoms with E-state index in [-0.39, 0.29) is 18.4 Å². The highest BCUT2D eigenvalue weighted by Crippen LogP contribution is 2.16. The van der Waals surface area contributed by atoms with E-state index in [9.17, 15) is 9.59 Å². The largest absolute Gasteiger partial charge is 0.492 e. The molecule has 1 saturated heterocycles. The number of carboxylic acid groups (broad SMARTS) is 1. The Kier molecular flexibility index (Phi) is 6.03. The maximum Gasteiger partial charge on any atom is 0.307 e. The third-order valence-corrected chi connectivity index (χ3v) is 3.75. The highest BCUT2D eigenvalue weighted by Gasteiger charge is 2.28. The minimum Gasteiger partial charge on any atom is -0.492 e. The van der Waals surface area contributed by atoms with E-state index in [1.807, 2.05) is 4.90 Å². The molecule has 1 heterocycles. The Morgan fingerprint density at radius 3 is 2.73 bits per heavy atom. The number of hydrogen-bond donors (Lipinski definition) is 2. The van der Waals surface area contributed by atoms with Gasteiger partial charge in [-0.15, -0.1) is 0 Å². The van der Waals surface area contributed by atoms with Gasteiger partial charge in [0.2, 0.25) is 5.91 Å². The summed E-state index contributed by atoms with van der Waals surface area (Å²) in [6, 6.07) is 7.00. The van der Waals surface area contributed by atoms with Crippen molar-refractivity contribution in [2.45, 2.75) is 6.42 Å². The summed E-state index contributed by atoms with van der Waals surface area (Å²) in [6.07, 6.45) is 0.599. The molecule has 2 N–H and O–H groups in total. The van der Waals surface area contributed by atoms with Crippen molar-refractivity contribution >= 4 is 23.5 Å². The fourth-order valence-corrected chi connectivity index (χ4v) is 2.45. The molecule has 6 nitrogen and oxygen atoms in total. The molecule has 22 heavy (non-hydrogen) atoms. The lowest BCUT2D eigenvalue weighted by atomic mass is 10.1. The summed E-state index contributed by atoms with van der Waals surface area (Å²) < 4.78 is 5.47. The zero-order valence-corrected chi connectivity index (χ0v) is 12.9. The molecule has 1 aromatic rings. The molecule has 1 aliphatic rings. The van der Waals surface area contributed by atoms with Crippen LogP contribution in [0.1, 0.15) is 6.42 Å². The number of aliphatic carboxylic acids is 1. The number of nitrogens with zero attached hydrogens (tertiary/aromatic N) is 1. The number of carboxylic acids is 1. The van der Waals surface area contributed by atoms with Crippen LogP contribution >= 0.6 is 11.6 Å². The van der Waals surface area contributed by atoms with Gasteiger partial charge in [-0.3, -0.25) is 14.5 Å². The van der Waals surface area contributed by atoms with E-state index < -0.39 is 5.97 Å². The van der Waals surface area contributed by atoms with Crippen molar-refractivity contribution in [3.05, 3.63) is 29.3 Å². The quantitative estimate of drug-likeness (QED) is 0.737. The molecule has 0 saturated carbocycles. The van der Waals surface area contributed by atoms with Crippen molar-refractivity contribution in [2.75, 3.05) is 32.8 Å². The van der Waals surface area contributed by atoms with Gasteiger partial charge in [-0.05, 0) is 37.2 Å². The molecule has 1 unspecified atom stereocenters. The molecular weight excluding hydrogens is 308 g/mol. The Morgan fingerprint density at radius 1 is 1.36 bits per heavy atom. The summed E-state index contributed by atoms with van der Waals surface area (Å²) in [4.78, 5) is 24.5. The average molecular weight is 327 g/mol. The number of ether oxygens (including phenoxy) is 1. The number of nitrogens with one attached hydrogen (secondary N) is 1. The number of halogens is 1. The van der Waals surface area contributed by atoms with Gasteiger partial charge in [-0.1, -0.05) is 11.6 Å². The van der Waals surface area contributed by atoms with Crippen molar-refractivity contribution in [1.29, 1.82) is 0 Å². The van der Waals surface area contributed by atoms with E-state index in [0.29, 0.717) is 43.4 Å². The van der Waals surface area contributed by atoms with E-state index in [0.717, 1.165) is 0 Å². The highest BCUT2D eigenvalue weighted by molar-refractivity contribution is 6.30. The smallest absolute Gasteiger partial charge is 0.307 e. The lowest BCUT2D eigenvalue weighted by Gasteiger charge is -2.15. The van der Waals surface area contributed by atoms with Gasteiger partial charge in [0.1, 0.15) is 12.4 Å². The lowest BCUT2D eigenvalue weighted by Crippen LogP contribution is -2.38. The van der Waals surface area contributed by atoms with Gasteiger partial charge >= 0.3 is 5.97 Å². The number of likely N-dealkylation sites (tertiary alicyclic amines) is 1. The first-order chi connectivity index (χ1) is 10.5. The van der Waals surface area contributed by atoms with Crippen molar-refractivity contribution < 1.29 is 19.4 Å². The van der Waals surface area contributed by atoms with E-state index >= 15 is 0 Å². The van der Waals surface area contributed by atoms with Crippen LogP contribution in [0.25, 0.3) is 0 Å². The van der Waals surface area contributed by atoms with Crippen molar-refractivity contribution in [1.82, 2.24) is 10.2 Å². The molecule has 120 valence electrons. The van der Waals surface area contributed by atoms with Crippen molar-refractivity contribution in [3.63, 3.8) is 0 Å². The average Bonchev–Trinajstić information content (AvgIpc) is 2.94. The molecule has 7 heteroatoms. The summed E-state index contributed by atoms with van der Waals surface area (Å²) >= 11 is 5.77. The Hall–Kier alpha value is -1.79. The second-order valence-corrected chi connectivity index (χ2v) is 5.65. The first kappa shape index (κ1) is 16.6. The zero-order valence-electron chi connectivity index (χ0n) is 12.1. The number of amides is 1. The van der Waals surface area contributed by atoms with Gasteiger partial charge in [0.15, 0.2) is 0 Å². The molecule has 0 radical (unpaired) electrons. The maximum atomic E-state index is 11.8. The van der Waals surface area contributed by atoms with Gasteiger partial charge < -0.3 is 15.2 Å². The van der Waals surface area contributed by atoms with Crippen LogP contribution in [0.5, 0.6) is 5.75 Å². The molecule has 0 bridgehead atoms. The Labute approximate surface area is 134 Å². The van der Waals surface area contributed by atoms with Crippen molar-refractivity contribution in [3.8, 4) is 5.75 Å². The van der Waals surface area contributed by atoms with Crippen LogP contribution < -0.4 is 10.1 Å². The van der Waals surface area contributed by atoms with Crippen LogP contribution in [0.15, 0.2) is 24.3 Å². The van der Waals surface area contributed by atoms with Crippen LogP contribution in [0.2, 0.25) is 5.02 Å². The topological polar surface area (TPSA) is 78.9 Å². The van der Waals surface area contributed by atoms with Crippen LogP contribution in [-0.2, 0) is 9.59 Å². The molecule has 1 fully saturated rings. The molecule has 1 aliphatic heterocycles. The lowest BCUT2D eigenvalue weighted by molar-refractivity contribution is -0.141. The third-order valence-electron chi connectivity index (χ3n) is 3.50. The number of rotatable bonds is 7. The van der Waals surface area contributed by atoms with Crippen LogP contribution in [0.3, 0.4) is 0 Å². The normalized spacial score (nSPS) is 18.1.